The van der Waals surface area contributed by atoms with Gasteiger partial charge in [-0.15, -0.1) is 0 Å². The van der Waals surface area contributed by atoms with Crippen LogP contribution in [0.4, 0.5) is 0 Å². The van der Waals surface area contributed by atoms with Crippen LogP contribution in [0.15, 0.2) is 34.7 Å². The summed E-state index contributed by atoms with van der Waals surface area (Å²) in [4.78, 5) is 4.94. The Hall–Kier alpha value is -2.40. The van der Waals surface area contributed by atoms with Crippen LogP contribution in [0.5, 0.6) is 0 Å². The van der Waals surface area contributed by atoms with Crippen molar-refractivity contribution < 1.29 is 9.15 Å². The number of benzene rings is 1. The Kier molecular flexibility index (Phi) is 4.64. The highest BCUT2D eigenvalue weighted by molar-refractivity contribution is 5.58. The minimum Gasteiger partial charge on any atom is -0.466 e. The third-order valence-electron chi connectivity index (χ3n) is 5.14. The fourth-order valence-electron chi connectivity index (χ4n) is 3.60. The predicted octanol–water partition coefficient (Wildman–Crippen LogP) is 4.41. The van der Waals surface area contributed by atoms with Gasteiger partial charge < -0.3 is 9.15 Å². The molecule has 0 N–H and O–H groups in total. The van der Waals surface area contributed by atoms with E-state index in [0.29, 0.717) is 12.5 Å². The maximum atomic E-state index is 5.75. The van der Waals surface area contributed by atoms with E-state index >= 15 is 0 Å². The van der Waals surface area contributed by atoms with Crippen molar-refractivity contribution in [3.05, 3.63) is 58.8 Å². The molecule has 1 saturated heterocycles. The molecule has 1 fully saturated rings. The molecule has 0 atom stereocenters. The van der Waals surface area contributed by atoms with Gasteiger partial charge in [0, 0.05) is 19.1 Å². The van der Waals surface area contributed by atoms with E-state index in [1.54, 1.807) is 0 Å². The molecule has 5 heteroatoms. The molecule has 26 heavy (non-hydrogen) atoms. The van der Waals surface area contributed by atoms with Gasteiger partial charge in [0.2, 0.25) is 0 Å². The van der Waals surface area contributed by atoms with Crippen molar-refractivity contribution in [3.8, 4) is 11.4 Å². The third kappa shape index (κ3) is 3.31. The summed E-state index contributed by atoms with van der Waals surface area (Å²) in [6.45, 7) is 8.38. The Labute approximate surface area is 154 Å². The Morgan fingerprint density at radius 1 is 1.12 bits per heavy atom. The van der Waals surface area contributed by atoms with Gasteiger partial charge in [0.15, 0.2) is 11.6 Å². The lowest BCUT2D eigenvalue weighted by Crippen LogP contribution is -2.15. The summed E-state index contributed by atoms with van der Waals surface area (Å²) in [6.07, 6.45) is 1.97. The number of nitrogens with zero attached hydrogens (tertiary/aromatic N) is 3. The number of furan rings is 1. The zero-order valence-electron chi connectivity index (χ0n) is 15.7. The van der Waals surface area contributed by atoms with E-state index in [9.17, 15) is 0 Å². The van der Waals surface area contributed by atoms with Crippen LogP contribution in [-0.4, -0.2) is 28.0 Å². The van der Waals surface area contributed by atoms with Gasteiger partial charge in [0.05, 0.1) is 12.1 Å². The summed E-state index contributed by atoms with van der Waals surface area (Å²) in [5.41, 5.74) is 3.55. The first kappa shape index (κ1) is 17.0. The highest BCUT2D eigenvalue weighted by Crippen LogP contribution is 2.30. The third-order valence-corrected chi connectivity index (χ3v) is 5.14. The maximum Gasteiger partial charge on any atom is 0.162 e. The highest BCUT2D eigenvalue weighted by Gasteiger charge is 2.24. The molecule has 1 aliphatic heterocycles. The van der Waals surface area contributed by atoms with Gasteiger partial charge in [-0.2, -0.15) is 5.10 Å². The van der Waals surface area contributed by atoms with Crippen LogP contribution >= 0.6 is 0 Å². The molecule has 4 rings (SSSR count). The number of hydrogen-bond donors (Lipinski definition) is 0. The Morgan fingerprint density at radius 2 is 1.88 bits per heavy atom. The first-order chi connectivity index (χ1) is 12.6. The van der Waals surface area contributed by atoms with E-state index < -0.39 is 0 Å². The second-order valence-electron chi connectivity index (χ2n) is 7.09. The predicted molar refractivity (Wildman–Crippen MR) is 100 cm³/mol. The summed E-state index contributed by atoms with van der Waals surface area (Å²) in [6, 6.07) is 10.5. The molecule has 3 heterocycles. The van der Waals surface area contributed by atoms with E-state index in [1.807, 2.05) is 18.5 Å². The standard InChI is InChI=1S/C21H25N3O2/c1-14-6-4-5-7-18(14)13-24-21(19-12-15(2)26-16(19)3)22-20(23-24)17-8-10-25-11-9-17/h4-7,12,17H,8-11,13H2,1-3H3. The molecule has 0 aliphatic carbocycles. The van der Waals surface area contributed by atoms with Crippen LogP contribution in [0.1, 0.15) is 47.2 Å². The fraction of sp³-hybridized carbons (Fsp3) is 0.429. The molecule has 0 spiro atoms. The molecule has 5 nitrogen and oxygen atoms in total. The molecule has 0 unspecified atom stereocenters. The second kappa shape index (κ2) is 7.08. The smallest absolute Gasteiger partial charge is 0.162 e. The van der Waals surface area contributed by atoms with Crippen LogP contribution in [0.3, 0.4) is 0 Å². The van der Waals surface area contributed by atoms with Crippen molar-refractivity contribution in [1.29, 1.82) is 0 Å². The lowest BCUT2D eigenvalue weighted by molar-refractivity contribution is 0.0835. The average molecular weight is 351 g/mol. The van der Waals surface area contributed by atoms with Gasteiger partial charge in [-0.05, 0) is 50.8 Å². The monoisotopic (exact) mass is 351 g/mol. The van der Waals surface area contributed by atoms with E-state index in [1.165, 1.54) is 11.1 Å². The Morgan fingerprint density at radius 3 is 2.58 bits per heavy atom. The van der Waals surface area contributed by atoms with Gasteiger partial charge in [-0.1, -0.05) is 24.3 Å². The quantitative estimate of drug-likeness (QED) is 0.699. The first-order valence-corrected chi connectivity index (χ1v) is 9.26. The van der Waals surface area contributed by atoms with Crippen molar-refractivity contribution in [2.24, 2.45) is 0 Å². The molecule has 136 valence electrons. The highest BCUT2D eigenvalue weighted by atomic mass is 16.5. The van der Waals surface area contributed by atoms with Crippen molar-refractivity contribution in [2.45, 2.75) is 46.1 Å². The molecule has 3 aromatic rings. The summed E-state index contributed by atoms with van der Waals surface area (Å²) >= 11 is 0. The first-order valence-electron chi connectivity index (χ1n) is 9.26. The Bertz CT molecular complexity index is 904. The lowest BCUT2D eigenvalue weighted by atomic mass is 10.00. The number of rotatable bonds is 4. The molecule has 1 aromatic carbocycles. The van der Waals surface area contributed by atoms with Crippen molar-refractivity contribution in [1.82, 2.24) is 14.8 Å². The van der Waals surface area contributed by atoms with Gasteiger partial charge in [-0.25, -0.2) is 9.67 Å². The van der Waals surface area contributed by atoms with Crippen LogP contribution in [0.2, 0.25) is 0 Å². The van der Waals surface area contributed by atoms with Gasteiger partial charge in [0.25, 0.3) is 0 Å². The van der Waals surface area contributed by atoms with Crippen molar-refractivity contribution in [2.75, 3.05) is 13.2 Å². The topological polar surface area (TPSA) is 53.1 Å². The summed E-state index contributed by atoms with van der Waals surface area (Å²) < 4.78 is 13.3. The summed E-state index contributed by atoms with van der Waals surface area (Å²) in [5, 5.41) is 4.91. The summed E-state index contributed by atoms with van der Waals surface area (Å²) in [5.74, 6) is 3.98. The number of aryl methyl sites for hydroxylation is 3. The molecule has 1 aliphatic rings. The molecular formula is C21H25N3O2. The molecule has 0 bridgehead atoms. The van der Waals surface area contributed by atoms with Crippen molar-refractivity contribution in [3.63, 3.8) is 0 Å². The maximum absolute atomic E-state index is 5.75. The lowest BCUT2D eigenvalue weighted by Gasteiger charge is -2.18. The van der Waals surface area contributed by atoms with Crippen LogP contribution in [0, 0.1) is 20.8 Å². The second-order valence-corrected chi connectivity index (χ2v) is 7.09. The SMILES string of the molecule is Cc1cc(-c2nc(C3CCOCC3)nn2Cc2ccccc2C)c(C)o1. The molecule has 0 saturated carbocycles. The van der Waals surface area contributed by atoms with E-state index in [-0.39, 0.29) is 0 Å². The van der Waals surface area contributed by atoms with E-state index in [2.05, 4.69) is 37.3 Å². The molecule has 0 amide bonds. The van der Waals surface area contributed by atoms with E-state index in [0.717, 1.165) is 54.8 Å². The van der Waals surface area contributed by atoms with Crippen LogP contribution in [-0.2, 0) is 11.3 Å². The molecular weight excluding hydrogens is 326 g/mol. The minimum atomic E-state index is 0.369. The van der Waals surface area contributed by atoms with Crippen molar-refractivity contribution >= 4 is 0 Å². The summed E-state index contributed by atoms with van der Waals surface area (Å²) in [7, 11) is 0. The van der Waals surface area contributed by atoms with Gasteiger partial charge in [-0.3, -0.25) is 0 Å². The fourth-order valence-corrected chi connectivity index (χ4v) is 3.60. The molecule has 0 radical (unpaired) electrons. The number of hydrogen-bond acceptors (Lipinski definition) is 4. The van der Waals surface area contributed by atoms with Gasteiger partial charge in [0.1, 0.15) is 11.5 Å². The van der Waals surface area contributed by atoms with Crippen LogP contribution < -0.4 is 0 Å². The molecule has 2 aromatic heterocycles. The van der Waals surface area contributed by atoms with Crippen LogP contribution in [0.25, 0.3) is 11.4 Å². The van der Waals surface area contributed by atoms with E-state index in [4.69, 9.17) is 19.2 Å². The zero-order chi connectivity index (χ0) is 18.1. The largest absolute Gasteiger partial charge is 0.466 e. The average Bonchev–Trinajstić information content (AvgIpc) is 3.20. The number of aromatic nitrogens is 3. The Balaban J connectivity index is 1.76. The number of ether oxygens (including phenoxy) is 1. The zero-order valence-corrected chi connectivity index (χ0v) is 15.7. The minimum absolute atomic E-state index is 0.369. The van der Waals surface area contributed by atoms with Gasteiger partial charge >= 0.3 is 0 Å². The normalized spacial score (nSPS) is 15.5.